The maximum absolute atomic E-state index is 12.1. The summed E-state index contributed by atoms with van der Waals surface area (Å²) in [4.78, 5) is 22.8. The van der Waals surface area contributed by atoms with Crippen LogP contribution in [0.2, 0.25) is 0 Å². The number of aromatic nitrogens is 1. The van der Waals surface area contributed by atoms with Crippen LogP contribution in [0.5, 0.6) is 0 Å². The molecule has 5 heteroatoms. The van der Waals surface area contributed by atoms with Crippen LogP contribution in [0.15, 0.2) is 36.4 Å². The van der Waals surface area contributed by atoms with Gasteiger partial charge in [-0.2, -0.15) is 0 Å². The van der Waals surface area contributed by atoms with E-state index in [4.69, 9.17) is 4.74 Å². The predicted molar refractivity (Wildman–Crippen MR) is 77.3 cm³/mol. The highest BCUT2D eigenvalue weighted by Gasteiger charge is 2.16. The molecule has 0 aliphatic carbocycles. The molecule has 0 saturated heterocycles. The van der Waals surface area contributed by atoms with E-state index < -0.39 is 11.9 Å². The zero-order chi connectivity index (χ0) is 15.4. The number of para-hydroxylation sites is 1. The van der Waals surface area contributed by atoms with Gasteiger partial charge in [0.2, 0.25) is 6.79 Å². The quantitative estimate of drug-likeness (QED) is 0.641. The van der Waals surface area contributed by atoms with E-state index in [1.807, 2.05) is 42.7 Å². The summed E-state index contributed by atoms with van der Waals surface area (Å²) in [6, 6.07) is 11.1. The van der Waals surface area contributed by atoms with Crippen LogP contribution >= 0.6 is 0 Å². The lowest BCUT2D eigenvalue weighted by atomic mass is 10.1. The zero-order valence-electron chi connectivity index (χ0n) is 12.3. The summed E-state index contributed by atoms with van der Waals surface area (Å²) in [5.41, 5.74) is 3.21. The fourth-order valence-corrected chi connectivity index (χ4v) is 2.13. The first-order valence-corrected chi connectivity index (χ1v) is 6.55. The zero-order valence-corrected chi connectivity index (χ0v) is 12.3. The Morgan fingerprint density at radius 3 is 2.24 bits per heavy atom. The van der Waals surface area contributed by atoms with E-state index in [1.165, 1.54) is 6.92 Å². The number of esters is 2. The van der Waals surface area contributed by atoms with Crippen molar-refractivity contribution in [3.8, 4) is 5.69 Å². The van der Waals surface area contributed by atoms with Gasteiger partial charge in [-0.25, -0.2) is 4.79 Å². The lowest BCUT2D eigenvalue weighted by Gasteiger charge is -2.14. The molecule has 1 aromatic carbocycles. The maximum atomic E-state index is 12.1. The van der Waals surface area contributed by atoms with Crippen molar-refractivity contribution in [3.63, 3.8) is 0 Å². The molecule has 21 heavy (non-hydrogen) atoms. The second kappa shape index (κ2) is 6.26. The summed E-state index contributed by atoms with van der Waals surface area (Å²) in [6.07, 6.45) is 0. The number of carbonyl (C=O) groups is 2. The molecule has 0 radical (unpaired) electrons. The summed E-state index contributed by atoms with van der Waals surface area (Å²) in [5.74, 6) is -1.02. The number of hydrogen-bond donors (Lipinski definition) is 0. The summed E-state index contributed by atoms with van der Waals surface area (Å²) in [6.45, 7) is 4.81. The lowest BCUT2D eigenvalue weighted by Crippen LogP contribution is -2.14. The Labute approximate surface area is 123 Å². The fraction of sp³-hybridized carbons (Fsp3) is 0.250. The fourth-order valence-electron chi connectivity index (χ4n) is 2.13. The van der Waals surface area contributed by atoms with Gasteiger partial charge >= 0.3 is 11.9 Å². The Bertz CT molecular complexity index is 653. The van der Waals surface area contributed by atoms with E-state index in [0.29, 0.717) is 5.56 Å². The standard InChI is InChI=1S/C16H17NO4/c1-11-8-9-12(2)17(11)15-7-5-4-6-14(15)16(19)21-10-20-13(3)18/h4-9H,10H2,1-3H3. The molecular formula is C16H17NO4. The van der Waals surface area contributed by atoms with Crippen LogP contribution in [-0.2, 0) is 14.3 Å². The molecule has 110 valence electrons. The number of carbonyl (C=O) groups excluding carboxylic acids is 2. The molecule has 0 amide bonds. The number of hydrogen-bond acceptors (Lipinski definition) is 4. The van der Waals surface area contributed by atoms with Gasteiger partial charge in [-0.05, 0) is 38.1 Å². The van der Waals surface area contributed by atoms with Crippen LogP contribution in [-0.4, -0.2) is 23.3 Å². The monoisotopic (exact) mass is 287 g/mol. The molecule has 0 spiro atoms. The third-order valence-corrected chi connectivity index (χ3v) is 3.09. The summed E-state index contributed by atoms with van der Waals surface area (Å²) in [5, 5.41) is 0. The topological polar surface area (TPSA) is 57.5 Å². The van der Waals surface area contributed by atoms with Gasteiger partial charge in [-0.3, -0.25) is 4.79 Å². The molecule has 0 saturated carbocycles. The molecule has 2 aromatic rings. The van der Waals surface area contributed by atoms with Gasteiger partial charge in [-0.15, -0.1) is 0 Å². The molecule has 0 aliphatic heterocycles. The van der Waals surface area contributed by atoms with Crippen LogP contribution in [0.1, 0.15) is 28.7 Å². The molecule has 1 aromatic heterocycles. The van der Waals surface area contributed by atoms with Crippen LogP contribution in [0.4, 0.5) is 0 Å². The number of aryl methyl sites for hydroxylation is 2. The van der Waals surface area contributed by atoms with E-state index in [2.05, 4.69) is 4.74 Å². The Balaban J connectivity index is 2.29. The van der Waals surface area contributed by atoms with Gasteiger partial charge in [-0.1, -0.05) is 12.1 Å². The number of ether oxygens (including phenoxy) is 2. The van der Waals surface area contributed by atoms with Crippen molar-refractivity contribution in [1.29, 1.82) is 0 Å². The van der Waals surface area contributed by atoms with Crippen LogP contribution in [0, 0.1) is 13.8 Å². The first-order valence-electron chi connectivity index (χ1n) is 6.55. The van der Waals surface area contributed by atoms with Gasteiger partial charge in [0.15, 0.2) is 0 Å². The summed E-state index contributed by atoms with van der Waals surface area (Å²) >= 11 is 0. The second-order valence-electron chi connectivity index (χ2n) is 4.65. The normalized spacial score (nSPS) is 10.2. The van der Waals surface area contributed by atoms with Crippen molar-refractivity contribution in [1.82, 2.24) is 4.57 Å². The van der Waals surface area contributed by atoms with Crippen LogP contribution in [0.3, 0.4) is 0 Å². The van der Waals surface area contributed by atoms with E-state index >= 15 is 0 Å². The minimum atomic E-state index is -0.528. The third kappa shape index (κ3) is 3.31. The average Bonchev–Trinajstić information content (AvgIpc) is 2.77. The van der Waals surface area contributed by atoms with Crippen molar-refractivity contribution >= 4 is 11.9 Å². The van der Waals surface area contributed by atoms with Gasteiger partial charge in [0.05, 0.1) is 11.3 Å². The van der Waals surface area contributed by atoms with Crippen LogP contribution in [0.25, 0.3) is 5.69 Å². The first kappa shape index (κ1) is 14.8. The Hall–Kier alpha value is -2.56. The molecule has 1 heterocycles. The average molecular weight is 287 g/mol. The first-order chi connectivity index (χ1) is 10.0. The number of benzene rings is 1. The van der Waals surface area contributed by atoms with Crippen molar-refractivity contribution < 1.29 is 19.1 Å². The van der Waals surface area contributed by atoms with Crippen molar-refractivity contribution in [2.24, 2.45) is 0 Å². The molecule has 0 bridgehead atoms. The predicted octanol–water partition coefficient (Wildman–Crippen LogP) is 2.77. The van der Waals surface area contributed by atoms with E-state index in [9.17, 15) is 9.59 Å². The SMILES string of the molecule is CC(=O)OCOC(=O)c1ccccc1-n1c(C)ccc1C. The molecule has 5 nitrogen and oxygen atoms in total. The smallest absolute Gasteiger partial charge is 0.343 e. The number of nitrogens with zero attached hydrogens (tertiary/aromatic N) is 1. The third-order valence-electron chi connectivity index (χ3n) is 3.09. The number of rotatable bonds is 4. The summed E-state index contributed by atoms with van der Waals surface area (Å²) < 4.78 is 11.6. The Kier molecular flexibility index (Phi) is 4.42. The lowest BCUT2D eigenvalue weighted by molar-refractivity contribution is -0.149. The Morgan fingerprint density at radius 2 is 1.62 bits per heavy atom. The van der Waals surface area contributed by atoms with E-state index in [-0.39, 0.29) is 6.79 Å². The molecule has 2 rings (SSSR count). The highest BCUT2D eigenvalue weighted by molar-refractivity contribution is 5.93. The van der Waals surface area contributed by atoms with Gasteiger partial charge in [0.25, 0.3) is 0 Å². The van der Waals surface area contributed by atoms with E-state index in [1.54, 1.807) is 12.1 Å². The molecule has 0 atom stereocenters. The Morgan fingerprint density at radius 1 is 1.00 bits per heavy atom. The maximum Gasteiger partial charge on any atom is 0.343 e. The second-order valence-corrected chi connectivity index (χ2v) is 4.65. The van der Waals surface area contributed by atoms with E-state index in [0.717, 1.165) is 17.1 Å². The largest absolute Gasteiger partial charge is 0.428 e. The molecular weight excluding hydrogens is 270 g/mol. The minimum Gasteiger partial charge on any atom is -0.428 e. The molecule has 0 fully saturated rings. The highest BCUT2D eigenvalue weighted by atomic mass is 16.7. The van der Waals surface area contributed by atoms with Gasteiger partial charge in [0, 0.05) is 18.3 Å². The molecule has 0 N–H and O–H groups in total. The molecule has 0 unspecified atom stereocenters. The highest BCUT2D eigenvalue weighted by Crippen LogP contribution is 2.21. The molecule has 0 aliphatic rings. The summed E-state index contributed by atoms with van der Waals surface area (Å²) in [7, 11) is 0. The van der Waals surface area contributed by atoms with Gasteiger partial charge < -0.3 is 14.0 Å². The van der Waals surface area contributed by atoms with Gasteiger partial charge in [0.1, 0.15) is 0 Å². The van der Waals surface area contributed by atoms with Crippen molar-refractivity contribution in [2.75, 3.05) is 6.79 Å². The van der Waals surface area contributed by atoms with Crippen molar-refractivity contribution in [3.05, 3.63) is 53.3 Å². The van der Waals surface area contributed by atoms with Crippen LogP contribution < -0.4 is 0 Å². The van der Waals surface area contributed by atoms with Crippen molar-refractivity contribution in [2.45, 2.75) is 20.8 Å². The minimum absolute atomic E-state index is 0.383.